The number of rotatable bonds is 9. The lowest BCUT2D eigenvalue weighted by molar-refractivity contribution is -0.107. The molecule has 216 valence electrons. The van der Waals surface area contributed by atoms with E-state index in [1.165, 1.54) is 41.3 Å². The van der Waals surface area contributed by atoms with E-state index in [0.717, 1.165) is 11.3 Å². The average molecular weight is 559 g/mol. The van der Waals surface area contributed by atoms with E-state index in [9.17, 15) is 14.0 Å². The maximum atomic E-state index is 14.9. The number of pyridine rings is 1. The van der Waals surface area contributed by atoms with Gasteiger partial charge in [-0.05, 0) is 65.3 Å². The molecule has 0 radical (unpaired) electrons. The number of nitrogens with one attached hydrogen (secondary N) is 2. The molecule has 2 bridgehead atoms. The Labute approximate surface area is 242 Å². The summed E-state index contributed by atoms with van der Waals surface area (Å²) in [4.78, 5) is 27.6. The number of hydrogen-bond acceptors (Lipinski definition) is 6. The highest BCUT2D eigenvalue weighted by molar-refractivity contribution is 5.88. The van der Waals surface area contributed by atoms with Crippen LogP contribution in [-0.4, -0.2) is 45.2 Å². The summed E-state index contributed by atoms with van der Waals surface area (Å²) in [5.41, 5.74) is 4.47. The molecule has 0 atom stereocenters. The summed E-state index contributed by atoms with van der Waals surface area (Å²) in [5, 5.41) is 10.6. The van der Waals surface area contributed by atoms with Crippen molar-refractivity contribution < 1.29 is 18.7 Å². The molecule has 0 aliphatic heterocycles. The van der Waals surface area contributed by atoms with Crippen molar-refractivity contribution >= 4 is 36.4 Å². The zero-order valence-corrected chi connectivity index (χ0v) is 24.0. The van der Waals surface area contributed by atoms with Gasteiger partial charge in [-0.15, -0.1) is 0 Å². The number of halogens is 1. The van der Waals surface area contributed by atoms with Crippen molar-refractivity contribution in [3.05, 3.63) is 83.4 Å². The van der Waals surface area contributed by atoms with Gasteiger partial charge in [0.15, 0.2) is 0 Å². The van der Waals surface area contributed by atoms with Crippen LogP contribution in [0.5, 0.6) is 0 Å². The van der Waals surface area contributed by atoms with E-state index in [0.29, 0.717) is 40.6 Å². The van der Waals surface area contributed by atoms with Crippen molar-refractivity contribution in [2.45, 2.75) is 38.6 Å². The highest BCUT2D eigenvalue weighted by atomic mass is 19.1. The smallest absolute Gasteiger partial charge is 0.214 e. The molecule has 0 saturated heterocycles. The Hall–Kier alpha value is -4.17. The number of carbonyl (C=O) groups excluding carboxylic acids is 2. The number of anilines is 2. The van der Waals surface area contributed by atoms with Crippen LogP contribution in [0.4, 0.5) is 15.8 Å². The number of aldehydes is 1. The number of amides is 1. The van der Waals surface area contributed by atoms with E-state index >= 15 is 0 Å². The lowest BCUT2D eigenvalue weighted by Crippen LogP contribution is -2.21. The van der Waals surface area contributed by atoms with Crippen LogP contribution in [0.15, 0.2) is 60.9 Å². The third-order valence-electron chi connectivity index (χ3n) is 7.41. The molecule has 1 amide bonds. The number of ether oxygens (including phenoxy) is 1. The standard InChI is InChI=1S/C24H21FN4O2.C7H12.C2H6O/c1-27-24-7-6-18(10-21(24)12-26)19-4-5-20(23(25)11-19)15-29(16-31)22-9-17(3-2-8-30)13-28-14-22;1-2-7-4-3-6(1)5-7;1-3-2/h2-14,16,26-27H,15H2,1H3;6-7H,1-5H2;1-2H3/b3-2+,26-12?;;. The molecule has 2 saturated carbocycles. The van der Waals surface area contributed by atoms with E-state index in [2.05, 4.69) is 15.0 Å². The third-order valence-corrected chi connectivity index (χ3v) is 7.41. The molecule has 2 aliphatic rings. The highest BCUT2D eigenvalue weighted by Gasteiger charge is 2.30. The van der Waals surface area contributed by atoms with Crippen molar-refractivity contribution in [1.29, 1.82) is 5.41 Å². The average Bonchev–Trinajstić information content (AvgIpc) is 3.67. The third kappa shape index (κ3) is 8.91. The number of hydrogen-bond donors (Lipinski definition) is 2. The van der Waals surface area contributed by atoms with E-state index in [-0.39, 0.29) is 6.54 Å². The van der Waals surface area contributed by atoms with Gasteiger partial charge in [0, 0.05) is 50.5 Å². The Bertz CT molecular complexity index is 1330. The summed E-state index contributed by atoms with van der Waals surface area (Å²) in [6.07, 6.45) is 16.3. The Morgan fingerprint density at radius 1 is 1.02 bits per heavy atom. The molecule has 8 heteroatoms. The van der Waals surface area contributed by atoms with Gasteiger partial charge in [0.05, 0.1) is 18.4 Å². The fourth-order valence-electron chi connectivity index (χ4n) is 5.34. The fraction of sp³-hybridized carbons (Fsp3) is 0.333. The number of nitrogens with zero attached hydrogens (tertiary/aromatic N) is 2. The predicted octanol–water partition coefficient (Wildman–Crippen LogP) is 6.76. The van der Waals surface area contributed by atoms with Gasteiger partial charge in [0.25, 0.3) is 0 Å². The van der Waals surface area contributed by atoms with Crippen LogP contribution >= 0.6 is 0 Å². The first-order valence-corrected chi connectivity index (χ1v) is 13.8. The Kier molecular flexibility index (Phi) is 12.4. The summed E-state index contributed by atoms with van der Waals surface area (Å²) in [6.45, 7) is 0.0303. The van der Waals surface area contributed by atoms with Crippen molar-refractivity contribution in [2.24, 2.45) is 11.8 Å². The van der Waals surface area contributed by atoms with E-state index in [1.807, 2.05) is 18.2 Å². The first kappa shape index (κ1) is 31.4. The van der Waals surface area contributed by atoms with Crippen molar-refractivity contribution in [3.8, 4) is 11.1 Å². The van der Waals surface area contributed by atoms with Crippen LogP contribution in [0.3, 0.4) is 0 Å². The van der Waals surface area contributed by atoms with Gasteiger partial charge in [0.2, 0.25) is 6.41 Å². The van der Waals surface area contributed by atoms with Gasteiger partial charge in [-0.1, -0.05) is 50.0 Å². The Morgan fingerprint density at radius 3 is 2.22 bits per heavy atom. The monoisotopic (exact) mass is 558 g/mol. The number of aromatic nitrogens is 1. The van der Waals surface area contributed by atoms with E-state index in [4.69, 9.17) is 5.41 Å². The van der Waals surface area contributed by atoms with Gasteiger partial charge in [-0.25, -0.2) is 4.39 Å². The quantitative estimate of drug-likeness (QED) is 0.172. The summed E-state index contributed by atoms with van der Waals surface area (Å²) < 4.78 is 19.1. The normalized spacial score (nSPS) is 16.7. The molecule has 1 heterocycles. The first-order chi connectivity index (χ1) is 20.0. The van der Waals surface area contributed by atoms with Crippen LogP contribution in [0.2, 0.25) is 0 Å². The summed E-state index contributed by atoms with van der Waals surface area (Å²) in [5.74, 6) is 1.90. The number of allylic oxidation sites excluding steroid dienone is 1. The van der Waals surface area contributed by atoms with Gasteiger partial charge in [-0.2, -0.15) is 0 Å². The zero-order chi connectivity index (χ0) is 29.6. The fourth-order valence-corrected chi connectivity index (χ4v) is 5.34. The minimum absolute atomic E-state index is 0.0303. The van der Waals surface area contributed by atoms with Crippen LogP contribution in [-0.2, 0) is 20.9 Å². The minimum atomic E-state index is -0.441. The van der Waals surface area contributed by atoms with E-state index in [1.54, 1.807) is 83.8 Å². The highest BCUT2D eigenvalue weighted by Crippen LogP contribution is 2.43. The molecule has 1 aromatic heterocycles. The molecule has 7 nitrogen and oxygen atoms in total. The predicted molar refractivity (Wildman–Crippen MR) is 164 cm³/mol. The zero-order valence-electron chi connectivity index (χ0n) is 24.0. The maximum absolute atomic E-state index is 14.9. The van der Waals surface area contributed by atoms with Gasteiger partial charge < -0.3 is 20.4 Å². The molecule has 2 fully saturated rings. The summed E-state index contributed by atoms with van der Waals surface area (Å²) >= 11 is 0. The minimum Gasteiger partial charge on any atom is -0.388 e. The molecule has 2 aliphatic carbocycles. The van der Waals surface area contributed by atoms with Crippen LogP contribution in [0.1, 0.15) is 48.8 Å². The van der Waals surface area contributed by atoms with Gasteiger partial charge in [0.1, 0.15) is 12.1 Å². The van der Waals surface area contributed by atoms with Crippen LogP contribution in [0.25, 0.3) is 17.2 Å². The molecule has 2 N–H and O–H groups in total. The van der Waals surface area contributed by atoms with Gasteiger partial charge in [-0.3, -0.25) is 14.6 Å². The SMILES string of the molecule is C1CC2CCC1C2.CNc1ccc(-c2ccc(CN(C=O)c3cncc(/C=C/C=O)c3)c(F)c2)cc1C=N.COC. The molecule has 0 spiro atoms. The maximum Gasteiger partial charge on any atom is 0.214 e. The van der Waals surface area contributed by atoms with Gasteiger partial charge >= 0.3 is 0 Å². The van der Waals surface area contributed by atoms with Crippen LogP contribution in [0, 0.1) is 23.1 Å². The number of fused-ring (bicyclic) bond motifs is 2. The Balaban J connectivity index is 0.000000386. The number of carbonyl (C=O) groups is 2. The molecule has 2 aromatic carbocycles. The second-order valence-electron chi connectivity index (χ2n) is 10.2. The second kappa shape index (κ2) is 16.2. The lowest BCUT2D eigenvalue weighted by atomic mass is 10.0. The number of benzene rings is 2. The van der Waals surface area contributed by atoms with Crippen molar-refractivity contribution in [3.63, 3.8) is 0 Å². The van der Waals surface area contributed by atoms with Crippen molar-refractivity contribution in [1.82, 2.24) is 4.98 Å². The largest absolute Gasteiger partial charge is 0.388 e. The second-order valence-corrected chi connectivity index (χ2v) is 10.2. The van der Waals surface area contributed by atoms with Crippen LogP contribution < -0.4 is 10.2 Å². The molecule has 0 unspecified atom stereocenters. The molecule has 41 heavy (non-hydrogen) atoms. The summed E-state index contributed by atoms with van der Waals surface area (Å²) in [7, 11) is 5.03. The molecule has 3 aromatic rings. The molecule has 5 rings (SSSR count). The first-order valence-electron chi connectivity index (χ1n) is 13.8. The Morgan fingerprint density at radius 2 is 1.68 bits per heavy atom. The lowest BCUT2D eigenvalue weighted by Gasteiger charge is -2.18. The number of methoxy groups -OCH3 is 1. The van der Waals surface area contributed by atoms with Crippen molar-refractivity contribution in [2.75, 3.05) is 31.5 Å². The summed E-state index contributed by atoms with van der Waals surface area (Å²) in [6, 6.07) is 12.0. The topological polar surface area (TPSA) is 95.4 Å². The molecular formula is C33H39FN4O3. The van der Waals surface area contributed by atoms with E-state index < -0.39 is 5.82 Å². The molecular weight excluding hydrogens is 519 g/mol.